The number of hydrogen-bond donors (Lipinski definition) is 1. The van der Waals surface area contributed by atoms with E-state index >= 15 is 0 Å². The minimum Gasteiger partial charge on any atom is -0.444 e. The van der Waals surface area contributed by atoms with E-state index in [4.69, 9.17) is 4.74 Å². The number of amides is 2. The van der Waals surface area contributed by atoms with Crippen molar-refractivity contribution < 1.29 is 19.4 Å². The Morgan fingerprint density at radius 1 is 0.907 bits per heavy atom. The van der Waals surface area contributed by atoms with Gasteiger partial charge in [0.15, 0.2) is 5.69 Å². The van der Waals surface area contributed by atoms with Crippen LogP contribution in [0.4, 0.5) is 4.79 Å². The summed E-state index contributed by atoms with van der Waals surface area (Å²) in [6.07, 6.45) is 2.47. The molecule has 0 bridgehead atoms. The number of hydrogen-bond acceptors (Lipinski definition) is 5. The predicted molar refractivity (Wildman–Crippen MR) is 167 cm³/mol. The van der Waals surface area contributed by atoms with Crippen LogP contribution in [0.2, 0.25) is 0 Å². The van der Waals surface area contributed by atoms with Crippen LogP contribution in [-0.4, -0.2) is 74.3 Å². The maximum atomic E-state index is 14.4. The second kappa shape index (κ2) is 13.3. The topological polar surface area (TPSA) is 87.9 Å². The van der Waals surface area contributed by atoms with Crippen LogP contribution < -0.4 is 0 Å². The SMILES string of the molecule is CC(C)(C)OC(=O)N1CCN(C(=O)c2ncn([C@@H](CO)Cc3ccccc3)c2-c2ccccc2)[C@H](Cc2ccccc2)C1. The third-order valence-electron chi connectivity index (χ3n) is 7.67. The van der Waals surface area contributed by atoms with E-state index < -0.39 is 5.60 Å². The van der Waals surface area contributed by atoms with E-state index in [0.717, 1.165) is 16.7 Å². The number of benzene rings is 3. The van der Waals surface area contributed by atoms with Crippen molar-refractivity contribution in [2.75, 3.05) is 26.2 Å². The lowest BCUT2D eigenvalue weighted by Gasteiger charge is -2.41. The molecule has 8 heteroatoms. The van der Waals surface area contributed by atoms with Crippen LogP contribution in [-0.2, 0) is 17.6 Å². The van der Waals surface area contributed by atoms with Gasteiger partial charge in [-0.15, -0.1) is 0 Å². The first-order valence-corrected chi connectivity index (χ1v) is 14.8. The highest BCUT2D eigenvalue weighted by Crippen LogP contribution is 2.30. The standard InChI is InChI=1S/C35H40N4O4/c1-35(2,3)43-34(42)37-19-20-38(29(23-37)21-26-13-7-4-8-14-26)33(41)31-32(28-17-11-6-12-18-28)39(25-36-31)30(24-40)22-27-15-9-5-10-16-27/h4-18,25,29-30,40H,19-24H2,1-3H3/t29-,30-/m1/s1. The Balaban J connectivity index is 1.49. The van der Waals surface area contributed by atoms with E-state index in [-0.39, 0.29) is 30.7 Å². The van der Waals surface area contributed by atoms with E-state index in [1.54, 1.807) is 11.2 Å². The van der Waals surface area contributed by atoms with Crippen LogP contribution >= 0.6 is 0 Å². The smallest absolute Gasteiger partial charge is 0.410 e. The average Bonchev–Trinajstić information content (AvgIpc) is 3.45. The fraction of sp³-hybridized carbons (Fsp3) is 0.343. The first-order chi connectivity index (χ1) is 20.7. The maximum Gasteiger partial charge on any atom is 0.410 e. The first-order valence-electron chi connectivity index (χ1n) is 14.8. The zero-order valence-electron chi connectivity index (χ0n) is 25.1. The Morgan fingerprint density at radius 3 is 2.12 bits per heavy atom. The molecule has 8 nitrogen and oxygen atoms in total. The minimum atomic E-state index is -0.612. The van der Waals surface area contributed by atoms with Gasteiger partial charge in [0, 0.05) is 25.2 Å². The molecule has 0 spiro atoms. The normalized spacial score (nSPS) is 16.1. The largest absolute Gasteiger partial charge is 0.444 e. The number of carbonyl (C=O) groups is 2. The zero-order chi connectivity index (χ0) is 30.4. The van der Waals surface area contributed by atoms with Crippen molar-refractivity contribution in [3.63, 3.8) is 0 Å². The Kier molecular flexibility index (Phi) is 9.26. The number of aliphatic hydroxyl groups excluding tert-OH is 1. The quantitative estimate of drug-likeness (QED) is 0.292. The fourth-order valence-corrected chi connectivity index (χ4v) is 5.63. The molecule has 1 saturated heterocycles. The van der Waals surface area contributed by atoms with Crippen LogP contribution in [0.25, 0.3) is 11.3 Å². The van der Waals surface area contributed by atoms with Gasteiger partial charge in [-0.3, -0.25) is 4.79 Å². The lowest BCUT2D eigenvalue weighted by Crippen LogP contribution is -2.58. The van der Waals surface area contributed by atoms with Crippen molar-refractivity contribution in [2.45, 2.75) is 51.3 Å². The van der Waals surface area contributed by atoms with Gasteiger partial charge in [0.25, 0.3) is 5.91 Å². The number of carbonyl (C=O) groups excluding carboxylic acids is 2. The third-order valence-corrected chi connectivity index (χ3v) is 7.67. The van der Waals surface area contributed by atoms with Crippen molar-refractivity contribution in [1.29, 1.82) is 0 Å². The maximum absolute atomic E-state index is 14.4. The van der Waals surface area contributed by atoms with Gasteiger partial charge in [-0.05, 0) is 44.7 Å². The van der Waals surface area contributed by atoms with Gasteiger partial charge in [0.1, 0.15) is 5.60 Å². The Bertz CT molecular complexity index is 1500. The predicted octanol–water partition coefficient (Wildman–Crippen LogP) is 5.63. The second-order valence-corrected chi connectivity index (χ2v) is 12.0. The lowest BCUT2D eigenvalue weighted by atomic mass is 10.0. The molecule has 43 heavy (non-hydrogen) atoms. The zero-order valence-corrected chi connectivity index (χ0v) is 25.1. The molecular formula is C35H40N4O4. The molecule has 1 fully saturated rings. The molecule has 4 aromatic rings. The third kappa shape index (κ3) is 7.32. The van der Waals surface area contributed by atoms with E-state index in [9.17, 15) is 14.7 Å². The van der Waals surface area contributed by atoms with Crippen molar-refractivity contribution in [1.82, 2.24) is 19.4 Å². The molecule has 2 amide bonds. The summed E-state index contributed by atoms with van der Waals surface area (Å²) in [4.78, 5) is 35.7. The fourth-order valence-electron chi connectivity index (χ4n) is 5.63. The summed E-state index contributed by atoms with van der Waals surface area (Å²) in [6, 6.07) is 29.1. The average molecular weight is 581 g/mol. The minimum absolute atomic E-state index is 0.107. The summed E-state index contributed by atoms with van der Waals surface area (Å²) in [5, 5.41) is 10.5. The van der Waals surface area contributed by atoms with Gasteiger partial charge >= 0.3 is 6.09 Å². The number of ether oxygens (including phenoxy) is 1. The number of piperazine rings is 1. The molecule has 1 aliphatic heterocycles. The van der Waals surface area contributed by atoms with Crippen molar-refractivity contribution in [3.05, 3.63) is 114 Å². The number of imidazole rings is 1. The van der Waals surface area contributed by atoms with Crippen molar-refractivity contribution in [2.24, 2.45) is 0 Å². The van der Waals surface area contributed by atoms with Crippen LogP contribution in [0.5, 0.6) is 0 Å². The van der Waals surface area contributed by atoms with Crippen molar-refractivity contribution in [3.8, 4) is 11.3 Å². The molecule has 1 aliphatic rings. The van der Waals surface area contributed by atoms with Crippen LogP contribution in [0, 0.1) is 0 Å². The molecule has 5 rings (SSSR count). The molecule has 0 saturated carbocycles. The van der Waals surface area contributed by atoms with E-state index in [2.05, 4.69) is 4.98 Å². The van der Waals surface area contributed by atoms with Gasteiger partial charge in [-0.1, -0.05) is 91.0 Å². The van der Waals surface area contributed by atoms with Crippen LogP contribution in [0.15, 0.2) is 97.3 Å². The van der Waals surface area contributed by atoms with Gasteiger partial charge in [0.05, 0.1) is 30.7 Å². The highest BCUT2D eigenvalue weighted by Gasteiger charge is 2.37. The summed E-state index contributed by atoms with van der Waals surface area (Å²) < 4.78 is 7.60. The molecular weight excluding hydrogens is 540 g/mol. The molecule has 1 N–H and O–H groups in total. The summed E-state index contributed by atoms with van der Waals surface area (Å²) in [7, 11) is 0. The van der Waals surface area contributed by atoms with Gasteiger partial charge < -0.3 is 24.2 Å². The number of aliphatic hydroxyl groups is 1. The monoisotopic (exact) mass is 580 g/mol. The van der Waals surface area contributed by atoms with Gasteiger partial charge in [-0.25, -0.2) is 9.78 Å². The molecule has 2 heterocycles. The molecule has 2 atom stereocenters. The Hall–Kier alpha value is -4.43. The summed E-state index contributed by atoms with van der Waals surface area (Å²) in [6.45, 7) is 6.51. The van der Waals surface area contributed by atoms with E-state index in [0.29, 0.717) is 43.9 Å². The van der Waals surface area contributed by atoms with Gasteiger partial charge in [-0.2, -0.15) is 0 Å². The second-order valence-electron chi connectivity index (χ2n) is 12.0. The van der Waals surface area contributed by atoms with Crippen molar-refractivity contribution >= 4 is 12.0 Å². The number of aromatic nitrogens is 2. The molecule has 3 aromatic carbocycles. The highest BCUT2D eigenvalue weighted by molar-refractivity contribution is 5.98. The Labute approximate surface area is 253 Å². The van der Waals surface area contributed by atoms with Crippen LogP contribution in [0.1, 0.15) is 48.4 Å². The Morgan fingerprint density at radius 2 is 1.51 bits per heavy atom. The molecule has 0 unspecified atom stereocenters. The summed E-state index contributed by atoms with van der Waals surface area (Å²) in [5.41, 5.74) is 3.41. The molecule has 1 aromatic heterocycles. The first kappa shape index (κ1) is 30.0. The molecule has 224 valence electrons. The molecule has 0 aliphatic carbocycles. The van der Waals surface area contributed by atoms with E-state index in [1.165, 1.54) is 0 Å². The van der Waals surface area contributed by atoms with E-state index in [1.807, 2.05) is 121 Å². The highest BCUT2D eigenvalue weighted by atomic mass is 16.6. The number of nitrogens with zero attached hydrogens (tertiary/aromatic N) is 4. The molecule has 0 radical (unpaired) electrons. The summed E-state index contributed by atoms with van der Waals surface area (Å²) >= 11 is 0. The summed E-state index contributed by atoms with van der Waals surface area (Å²) in [5.74, 6) is -0.196. The van der Waals surface area contributed by atoms with Crippen LogP contribution in [0.3, 0.4) is 0 Å². The van der Waals surface area contributed by atoms with Gasteiger partial charge in [0.2, 0.25) is 0 Å². The number of rotatable bonds is 8. The lowest BCUT2D eigenvalue weighted by molar-refractivity contribution is 0.00429.